The summed E-state index contributed by atoms with van der Waals surface area (Å²) in [4.78, 5) is 19.5. The van der Waals surface area contributed by atoms with E-state index in [9.17, 15) is 4.79 Å². The summed E-state index contributed by atoms with van der Waals surface area (Å²) in [6.07, 6.45) is 1.45. The highest BCUT2D eigenvalue weighted by Gasteiger charge is 2.32. The Morgan fingerprint density at radius 1 is 1.27 bits per heavy atom. The van der Waals surface area contributed by atoms with Crippen LogP contribution < -0.4 is 0 Å². The second-order valence-electron chi connectivity index (χ2n) is 7.09. The fourth-order valence-electron chi connectivity index (χ4n) is 2.33. The van der Waals surface area contributed by atoms with Crippen LogP contribution in [0.3, 0.4) is 0 Å². The lowest BCUT2D eigenvalue weighted by atomic mass is 10.2. The maximum Gasteiger partial charge on any atom is 0.226 e. The van der Waals surface area contributed by atoms with Crippen molar-refractivity contribution in [2.75, 3.05) is 6.61 Å². The van der Waals surface area contributed by atoms with Crippen molar-refractivity contribution < 1.29 is 14.3 Å². The van der Waals surface area contributed by atoms with Crippen LogP contribution in [0.2, 0.25) is 11.6 Å². The number of rotatable bonds is 6. The van der Waals surface area contributed by atoms with Crippen LogP contribution in [0.25, 0.3) is 0 Å². The largest absolute Gasteiger partial charge is 0.333 e. The standard InChI is InChI=1S/C17H27NO3Si/c1-17(2,3)22(4)21-20-13-15-10-11-16(19)18(15)12-14-8-6-5-7-9-14/h5-9,15,22H,10-13H2,1-4H3/t15-,22?/m0/s1. The molecular weight excluding hydrogens is 294 g/mol. The monoisotopic (exact) mass is 321 g/mol. The molecule has 5 heteroatoms. The lowest BCUT2D eigenvalue weighted by Crippen LogP contribution is -2.36. The predicted octanol–water partition coefficient (Wildman–Crippen LogP) is 3.28. The smallest absolute Gasteiger partial charge is 0.226 e. The highest BCUT2D eigenvalue weighted by molar-refractivity contribution is 6.53. The fraction of sp³-hybridized carbons (Fsp3) is 0.588. The Bertz CT molecular complexity index is 486. The summed E-state index contributed by atoms with van der Waals surface area (Å²) in [5.74, 6) is 0.207. The third kappa shape index (κ3) is 4.66. The molecule has 1 aliphatic rings. The Labute approximate surface area is 135 Å². The molecule has 2 rings (SSSR count). The lowest BCUT2D eigenvalue weighted by Gasteiger charge is -2.27. The molecule has 0 aromatic heterocycles. The number of hydrogen-bond acceptors (Lipinski definition) is 3. The molecule has 1 aliphatic heterocycles. The van der Waals surface area contributed by atoms with Crippen LogP contribution in [0.15, 0.2) is 30.3 Å². The zero-order valence-electron chi connectivity index (χ0n) is 14.0. The van der Waals surface area contributed by atoms with Gasteiger partial charge in [-0.1, -0.05) is 51.1 Å². The third-order valence-corrected chi connectivity index (χ3v) is 7.20. The minimum absolute atomic E-state index is 0.119. The molecule has 4 nitrogen and oxygen atoms in total. The first-order chi connectivity index (χ1) is 10.4. The van der Waals surface area contributed by atoms with Crippen molar-refractivity contribution in [3.05, 3.63) is 35.9 Å². The molecule has 22 heavy (non-hydrogen) atoms. The molecule has 0 bridgehead atoms. The van der Waals surface area contributed by atoms with Gasteiger partial charge in [0.1, 0.15) is 6.61 Å². The van der Waals surface area contributed by atoms with Crippen LogP contribution in [0.1, 0.15) is 39.2 Å². The predicted molar refractivity (Wildman–Crippen MR) is 89.8 cm³/mol. The van der Waals surface area contributed by atoms with Crippen molar-refractivity contribution in [1.29, 1.82) is 0 Å². The molecule has 2 atom stereocenters. The van der Waals surface area contributed by atoms with E-state index >= 15 is 0 Å². The molecule has 122 valence electrons. The van der Waals surface area contributed by atoms with Crippen LogP contribution in [-0.2, 0) is 20.8 Å². The van der Waals surface area contributed by atoms with Gasteiger partial charge in [-0.25, -0.2) is 4.89 Å². The van der Waals surface area contributed by atoms with Gasteiger partial charge in [0, 0.05) is 13.0 Å². The number of carbonyl (C=O) groups excluding carboxylic acids is 1. The summed E-state index contributed by atoms with van der Waals surface area (Å²) < 4.78 is 5.60. The topological polar surface area (TPSA) is 38.8 Å². The van der Waals surface area contributed by atoms with Gasteiger partial charge in [-0.15, -0.1) is 0 Å². The van der Waals surface area contributed by atoms with Gasteiger partial charge >= 0.3 is 0 Å². The lowest BCUT2D eigenvalue weighted by molar-refractivity contribution is -0.224. The van der Waals surface area contributed by atoms with Crippen molar-refractivity contribution in [3.8, 4) is 0 Å². The molecule has 1 amide bonds. The van der Waals surface area contributed by atoms with Gasteiger partial charge in [-0.05, 0) is 23.6 Å². The second-order valence-corrected chi connectivity index (χ2v) is 10.3. The summed E-state index contributed by atoms with van der Waals surface area (Å²) >= 11 is 0. The molecular formula is C17H27NO3Si. The summed E-state index contributed by atoms with van der Waals surface area (Å²) in [7, 11) is -1.38. The van der Waals surface area contributed by atoms with E-state index in [1.807, 2.05) is 23.1 Å². The van der Waals surface area contributed by atoms with Crippen LogP contribution in [0, 0.1) is 0 Å². The molecule has 1 unspecified atom stereocenters. The maximum absolute atomic E-state index is 12.1. The second kappa shape index (κ2) is 7.40. The molecule has 1 aromatic carbocycles. The Balaban J connectivity index is 1.86. The Hall–Kier alpha value is -1.17. The first-order valence-corrected chi connectivity index (χ1v) is 10.2. The van der Waals surface area contributed by atoms with Gasteiger partial charge in [-0.2, -0.15) is 0 Å². The van der Waals surface area contributed by atoms with E-state index in [1.54, 1.807) is 0 Å². The summed E-state index contributed by atoms with van der Waals surface area (Å²) in [5, 5.41) is 0.176. The molecule has 0 aliphatic carbocycles. The maximum atomic E-state index is 12.1. The molecule has 0 radical (unpaired) electrons. The number of hydrogen-bond donors (Lipinski definition) is 0. The molecule has 1 aromatic rings. The highest BCUT2D eigenvalue weighted by atomic mass is 28.3. The average molecular weight is 321 g/mol. The van der Waals surface area contributed by atoms with Crippen LogP contribution in [0.5, 0.6) is 0 Å². The third-order valence-electron chi connectivity index (χ3n) is 4.34. The Kier molecular flexibility index (Phi) is 5.78. The summed E-state index contributed by atoms with van der Waals surface area (Å²) in [5.41, 5.74) is 1.15. The summed E-state index contributed by atoms with van der Waals surface area (Å²) in [6, 6.07) is 10.2. The van der Waals surface area contributed by atoms with Crippen molar-refractivity contribution in [2.24, 2.45) is 0 Å². The fourth-order valence-corrected chi connectivity index (χ4v) is 2.90. The van der Waals surface area contributed by atoms with Crippen LogP contribution in [0.4, 0.5) is 0 Å². The Morgan fingerprint density at radius 2 is 1.95 bits per heavy atom. The van der Waals surface area contributed by atoms with Crippen LogP contribution >= 0.6 is 0 Å². The van der Waals surface area contributed by atoms with E-state index in [2.05, 4.69) is 39.5 Å². The molecule has 1 heterocycles. The molecule has 0 N–H and O–H groups in total. The minimum Gasteiger partial charge on any atom is -0.333 e. The normalized spacial score (nSPS) is 20.5. The zero-order valence-corrected chi connectivity index (χ0v) is 15.2. The van der Waals surface area contributed by atoms with E-state index in [1.165, 1.54) is 0 Å². The number of nitrogens with zero attached hydrogens (tertiary/aromatic N) is 1. The number of likely N-dealkylation sites (tertiary alicyclic amines) is 1. The van der Waals surface area contributed by atoms with Gasteiger partial charge in [0.25, 0.3) is 0 Å². The molecule has 0 spiro atoms. The quantitative estimate of drug-likeness (QED) is 0.458. The minimum atomic E-state index is -1.38. The van der Waals surface area contributed by atoms with Gasteiger partial charge in [0.15, 0.2) is 0 Å². The zero-order chi connectivity index (χ0) is 16.2. The van der Waals surface area contributed by atoms with E-state index < -0.39 is 9.04 Å². The van der Waals surface area contributed by atoms with Crippen molar-refractivity contribution >= 4 is 14.9 Å². The van der Waals surface area contributed by atoms with Crippen LogP contribution in [-0.4, -0.2) is 32.5 Å². The SMILES string of the molecule is C[SiH](OOC[C@@H]1CCC(=O)N1Cc1ccccc1)C(C)(C)C. The number of amides is 1. The van der Waals surface area contributed by atoms with Gasteiger partial charge < -0.3 is 4.90 Å². The van der Waals surface area contributed by atoms with E-state index in [-0.39, 0.29) is 17.0 Å². The van der Waals surface area contributed by atoms with E-state index in [4.69, 9.17) is 9.46 Å². The summed E-state index contributed by atoms with van der Waals surface area (Å²) in [6.45, 7) is 9.78. The van der Waals surface area contributed by atoms with Gasteiger partial charge in [0.05, 0.1) is 6.04 Å². The molecule has 1 fully saturated rings. The number of carbonyl (C=O) groups is 1. The van der Waals surface area contributed by atoms with Gasteiger partial charge in [0.2, 0.25) is 14.9 Å². The first-order valence-electron chi connectivity index (χ1n) is 7.99. The van der Waals surface area contributed by atoms with Gasteiger partial charge in [-0.3, -0.25) is 9.37 Å². The van der Waals surface area contributed by atoms with Crippen molar-refractivity contribution in [1.82, 2.24) is 4.90 Å². The Morgan fingerprint density at radius 3 is 2.59 bits per heavy atom. The van der Waals surface area contributed by atoms with Crippen molar-refractivity contribution in [2.45, 2.75) is 57.8 Å². The average Bonchev–Trinajstić information content (AvgIpc) is 2.80. The molecule has 0 saturated carbocycles. The molecule has 1 saturated heterocycles. The first kappa shape index (κ1) is 17.2. The highest BCUT2D eigenvalue weighted by Crippen LogP contribution is 2.28. The van der Waals surface area contributed by atoms with E-state index in [0.29, 0.717) is 19.6 Å². The number of benzene rings is 1. The van der Waals surface area contributed by atoms with E-state index in [0.717, 1.165) is 12.0 Å². The van der Waals surface area contributed by atoms with Crippen molar-refractivity contribution in [3.63, 3.8) is 0 Å².